The number of rotatable bonds is 4. The van der Waals surface area contributed by atoms with Gasteiger partial charge in [-0.2, -0.15) is 4.31 Å². The Morgan fingerprint density at radius 1 is 1.43 bits per heavy atom. The number of benzene rings is 1. The van der Waals surface area contributed by atoms with Gasteiger partial charge in [0.2, 0.25) is 15.8 Å². The van der Waals surface area contributed by atoms with Crippen molar-refractivity contribution >= 4 is 15.7 Å². The van der Waals surface area contributed by atoms with Gasteiger partial charge in [-0.25, -0.2) is 12.8 Å². The molecule has 0 radical (unpaired) electrons. The van der Waals surface area contributed by atoms with Crippen molar-refractivity contribution in [2.75, 3.05) is 20.2 Å². The maximum atomic E-state index is 14.0. The van der Waals surface area contributed by atoms with Gasteiger partial charge < -0.3 is 10.1 Å². The highest BCUT2D eigenvalue weighted by molar-refractivity contribution is 7.89. The molecule has 23 heavy (non-hydrogen) atoms. The molecule has 1 aliphatic rings. The van der Waals surface area contributed by atoms with E-state index in [0.29, 0.717) is 6.54 Å². The van der Waals surface area contributed by atoms with Crippen molar-refractivity contribution in [1.29, 1.82) is 0 Å². The quantitative estimate of drug-likeness (QED) is 0.647. The van der Waals surface area contributed by atoms with E-state index in [4.69, 9.17) is 0 Å². The van der Waals surface area contributed by atoms with Crippen molar-refractivity contribution in [2.24, 2.45) is 0 Å². The van der Waals surface area contributed by atoms with Crippen LogP contribution < -0.4 is 10.1 Å². The molecule has 1 aliphatic heterocycles. The minimum atomic E-state index is -4.05. The van der Waals surface area contributed by atoms with Crippen LogP contribution in [0.1, 0.15) is 13.8 Å². The van der Waals surface area contributed by atoms with Crippen LogP contribution in [0.3, 0.4) is 0 Å². The Morgan fingerprint density at radius 2 is 2.09 bits per heavy atom. The van der Waals surface area contributed by atoms with E-state index < -0.39 is 37.1 Å². The highest BCUT2D eigenvalue weighted by Gasteiger charge is 2.36. The van der Waals surface area contributed by atoms with Gasteiger partial charge in [0.05, 0.1) is 16.9 Å². The Kier molecular flexibility index (Phi) is 4.87. The highest BCUT2D eigenvalue weighted by atomic mass is 32.2. The van der Waals surface area contributed by atoms with Gasteiger partial charge in [-0.3, -0.25) is 10.1 Å². The Bertz CT molecular complexity index is 725. The number of methoxy groups -OCH3 is 1. The van der Waals surface area contributed by atoms with Gasteiger partial charge in [0.1, 0.15) is 0 Å². The molecule has 0 amide bonds. The minimum Gasteiger partial charge on any atom is -0.488 e. The average molecular weight is 347 g/mol. The number of halogens is 1. The predicted octanol–water partition coefficient (Wildman–Crippen LogP) is 1.11. The summed E-state index contributed by atoms with van der Waals surface area (Å²) in [5, 5.41) is 14.2. The number of ether oxygens (including phenoxy) is 1. The van der Waals surface area contributed by atoms with Gasteiger partial charge in [-0.15, -0.1) is 0 Å². The van der Waals surface area contributed by atoms with Crippen LogP contribution >= 0.6 is 0 Å². The zero-order chi connectivity index (χ0) is 17.4. The second-order valence-corrected chi connectivity index (χ2v) is 7.20. The minimum absolute atomic E-state index is 0.0865. The zero-order valence-electron chi connectivity index (χ0n) is 12.9. The van der Waals surface area contributed by atoms with E-state index in [0.717, 1.165) is 19.2 Å². The molecule has 0 aromatic heterocycles. The van der Waals surface area contributed by atoms with E-state index >= 15 is 0 Å². The number of nitro benzene ring substituents is 1. The number of sulfonamides is 1. The van der Waals surface area contributed by atoms with Crippen LogP contribution in [0.5, 0.6) is 5.75 Å². The van der Waals surface area contributed by atoms with Gasteiger partial charge in [-0.05, 0) is 19.9 Å². The standard InChI is InChI=1S/C13H18FN3O5S/c1-8-9(2)16(5-4-15-8)23(20,21)10-6-11(14)13(22-3)12(7-10)17(18)19/h6-9,15H,4-5H2,1-3H3. The fourth-order valence-corrected chi connectivity index (χ4v) is 4.28. The molecule has 1 aromatic carbocycles. The van der Waals surface area contributed by atoms with E-state index in [1.807, 2.05) is 6.92 Å². The average Bonchev–Trinajstić information content (AvgIpc) is 2.48. The molecule has 0 saturated carbocycles. The summed E-state index contributed by atoms with van der Waals surface area (Å²) in [7, 11) is -2.97. The summed E-state index contributed by atoms with van der Waals surface area (Å²) < 4.78 is 45.4. The van der Waals surface area contributed by atoms with Gasteiger partial charge in [-0.1, -0.05) is 0 Å². The van der Waals surface area contributed by atoms with Crippen LogP contribution in [0.4, 0.5) is 10.1 Å². The molecular formula is C13H18FN3O5S. The lowest BCUT2D eigenvalue weighted by molar-refractivity contribution is -0.386. The summed E-state index contributed by atoms with van der Waals surface area (Å²) in [6.45, 7) is 4.22. The van der Waals surface area contributed by atoms with E-state index in [-0.39, 0.29) is 18.6 Å². The number of nitrogens with one attached hydrogen (secondary N) is 1. The van der Waals surface area contributed by atoms with Crippen LogP contribution in [0, 0.1) is 15.9 Å². The smallest absolute Gasteiger partial charge is 0.315 e. The van der Waals surface area contributed by atoms with Gasteiger partial charge in [0, 0.05) is 31.2 Å². The number of piperazine rings is 1. The van der Waals surface area contributed by atoms with Gasteiger partial charge >= 0.3 is 5.69 Å². The first-order chi connectivity index (χ1) is 10.7. The first-order valence-electron chi connectivity index (χ1n) is 6.97. The van der Waals surface area contributed by atoms with Gasteiger partial charge in [0.25, 0.3) is 0 Å². The van der Waals surface area contributed by atoms with Crippen LogP contribution in [0.25, 0.3) is 0 Å². The molecule has 2 unspecified atom stereocenters. The molecule has 1 saturated heterocycles. The lowest BCUT2D eigenvalue weighted by Crippen LogP contribution is -2.57. The normalized spacial score (nSPS) is 22.8. The molecule has 0 spiro atoms. The van der Waals surface area contributed by atoms with E-state index in [1.54, 1.807) is 6.92 Å². The second kappa shape index (κ2) is 6.38. The predicted molar refractivity (Wildman–Crippen MR) is 80.4 cm³/mol. The van der Waals surface area contributed by atoms with E-state index in [2.05, 4.69) is 10.1 Å². The van der Waals surface area contributed by atoms with Crippen molar-refractivity contribution in [3.8, 4) is 5.75 Å². The Balaban J connectivity index is 2.54. The molecule has 10 heteroatoms. The second-order valence-electron chi connectivity index (χ2n) is 5.31. The summed E-state index contributed by atoms with van der Waals surface area (Å²) in [6, 6.07) is 1.13. The summed E-state index contributed by atoms with van der Waals surface area (Å²) in [5.74, 6) is -1.67. The van der Waals surface area contributed by atoms with Crippen LogP contribution in [0.2, 0.25) is 0 Å². The van der Waals surface area contributed by atoms with Crippen molar-refractivity contribution in [1.82, 2.24) is 9.62 Å². The fourth-order valence-electron chi connectivity index (χ4n) is 2.54. The maximum absolute atomic E-state index is 14.0. The van der Waals surface area contributed by atoms with E-state index in [9.17, 15) is 22.9 Å². The molecule has 0 bridgehead atoms. The number of nitrogens with zero attached hydrogens (tertiary/aromatic N) is 2. The Hall–Kier alpha value is -1.78. The molecule has 1 fully saturated rings. The molecule has 8 nitrogen and oxygen atoms in total. The van der Waals surface area contributed by atoms with Crippen LogP contribution in [0.15, 0.2) is 17.0 Å². The molecule has 0 aliphatic carbocycles. The molecule has 1 aromatic rings. The molecule has 1 N–H and O–H groups in total. The third kappa shape index (κ3) is 3.14. The topological polar surface area (TPSA) is 102 Å². The largest absolute Gasteiger partial charge is 0.488 e. The molecule has 1 heterocycles. The fraction of sp³-hybridized carbons (Fsp3) is 0.538. The van der Waals surface area contributed by atoms with E-state index in [1.165, 1.54) is 4.31 Å². The summed E-state index contributed by atoms with van der Waals surface area (Å²) in [6.07, 6.45) is 0. The Morgan fingerprint density at radius 3 is 2.65 bits per heavy atom. The SMILES string of the molecule is COc1c(F)cc(S(=O)(=O)N2CCNC(C)C2C)cc1[N+](=O)[O-]. The first-order valence-corrected chi connectivity index (χ1v) is 8.41. The maximum Gasteiger partial charge on any atom is 0.315 e. The van der Waals surface area contributed by atoms with Crippen molar-refractivity contribution in [3.05, 3.63) is 28.1 Å². The van der Waals surface area contributed by atoms with Gasteiger partial charge in [0.15, 0.2) is 5.82 Å². The highest BCUT2D eigenvalue weighted by Crippen LogP contribution is 2.34. The number of nitro groups is 1. The summed E-state index contributed by atoms with van der Waals surface area (Å²) in [5.41, 5.74) is -0.720. The molecular weight excluding hydrogens is 329 g/mol. The first kappa shape index (κ1) is 17.6. The molecule has 2 rings (SSSR count). The molecule has 2 atom stereocenters. The third-order valence-electron chi connectivity index (χ3n) is 3.98. The lowest BCUT2D eigenvalue weighted by Gasteiger charge is -2.37. The number of hydrogen-bond acceptors (Lipinski definition) is 6. The monoisotopic (exact) mass is 347 g/mol. The van der Waals surface area contributed by atoms with Crippen LogP contribution in [-0.2, 0) is 10.0 Å². The summed E-state index contributed by atoms with van der Waals surface area (Å²) >= 11 is 0. The van der Waals surface area contributed by atoms with Crippen molar-refractivity contribution in [2.45, 2.75) is 30.8 Å². The number of hydrogen-bond donors (Lipinski definition) is 1. The molecule has 128 valence electrons. The van der Waals surface area contributed by atoms with Crippen molar-refractivity contribution < 1.29 is 22.5 Å². The Labute approximate surface area is 133 Å². The zero-order valence-corrected chi connectivity index (χ0v) is 13.8. The van der Waals surface area contributed by atoms with Crippen molar-refractivity contribution in [3.63, 3.8) is 0 Å². The van der Waals surface area contributed by atoms with Crippen LogP contribution in [-0.4, -0.2) is 49.9 Å². The third-order valence-corrected chi connectivity index (χ3v) is 5.95. The summed E-state index contributed by atoms with van der Waals surface area (Å²) in [4.78, 5) is 9.72. The lowest BCUT2D eigenvalue weighted by atomic mass is 10.1.